The Morgan fingerprint density at radius 2 is 2.11 bits per heavy atom. The molecule has 6 heteroatoms. The molecule has 3 rings (SSSR count). The van der Waals surface area contributed by atoms with E-state index >= 15 is 0 Å². The second kappa shape index (κ2) is 4.55. The van der Waals surface area contributed by atoms with Crippen LogP contribution in [-0.2, 0) is 7.05 Å². The van der Waals surface area contributed by atoms with Gasteiger partial charge in [-0.25, -0.2) is 0 Å². The fraction of sp³-hybridized carbons (Fsp3) is 0.385. The van der Waals surface area contributed by atoms with Crippen molar-refractivity contribution in [2.24, 2.45) is 7.05 Å². The highest BCUT2D eigenvalue weighted by atomic mass is 16.3. The van der Waals surface area contributed by atoms with Crippen LogP contribution in [0.25, 0.3) is 5.82 Å². The van der Waals surface area contributed by atoms with Crippen molar-refractivity contribution in [3.8, 4) is 5.82 Å². The van der Waals surface area contributed by atoms with E-state index in [1.807, 2.05) is 29.1 Å². The first-order valence-corrected chi connectivity index (χ1v) is 6.29. The fourth-order valence-corrected chi connectivity index (χ4v) is 2.34. The lowest BCUT2D eigenvalue weighted by molar-refractivity contribution is 0.0562. The van der Waals surface area contributed by atoms with Gasteiger partial charge in [-0.05, 0) is 25.0 Å². The van der Waals surface area contributed by atoms with Crippen molar-refractivity contribution >= 4 is 5.91 Å². The molecule has 19 heavy (non-hydrogen) atoms. The highest BCUT2D eigenvalue weighted by Crippen LogP contribution is 2.21. The number of nitrogens with one attached hydrogen (secondary N) is 1. The predicted molar refractivity (Wildman–Crippen MR) is 69.0 cm³/mol. The lowest BCUT2D eigenvalue weighted by Crippen LogP contribution is -2.46. The number of carbonyl (C=O) groups excluding carboxylic acids is 1. The fourth-order valence-electron chi connectivity index (χ4n) is 2.34. The van der Waals surface area contributed by atoms with Gasteiger partial charge in [-0.3, -0.25) is 9.48 Å². The largest absolute Gasteiger partial charge is 0.393 e. The molecule has 6 nitrogen and oxygen atoms in total. The van der Waals surface area contributed by atoms with E-state index < -0.39 is 0 Å². The van der Waals surface area contributed by atoms with Gasteiger partial charge in [0, 0.05) is 25.5 Å². The van der Waals surface area contributed by atoms with Crippen LogP contribution in [0.15, 0.2) is 30.7 Å². The average Bonchev–Trinajstić information content (AvgIpc) is 2.95. The molecule has 0 aromatic carbocycles. The molecule has 0 radical (unpaired) electrons. The van der Waals surface area contributed by atoms with E-state index in [0.29, 0.717) is 18.4 Å². The molecule has 0 aliphatic heterocycles. The van der Waals surface area contributed by atoms with Crippen LogP contribution >= 0.6 is 0 Å². The second-order valence-electron chi connectivity index (χ2n) is 4.89. The summed E-state index contributed by atoms with van der Waals surface area (Å²) in [7, 11) is 1.80. The summed E-state index contributed by atoms with van der Waals surface area (Å²) in [4.78, 5) is 12.2. The van der Waals surface area contributed by atoms with Crippen molar-refractivity contribution in [2.75, 3.05) is 0 Å². The highest BCUT2D eigenvalue weighted by Gasteiger charge is 2.29. The Bertz CT molecular complexity index is 582. The Hall–Kier alpha value is -2.08. The number of rotatable bonds is 3. The summed E-state index contributed by atoms with van der Waals surface area (Å²) in [6.45, 7) is 0. The molecule has 1 aliphatic rings. The van der Waals surface area contributed by atoms with E-state index in [1.165, 1.54) is 0 Å². The molecular formula is C13H16N4O2. The van der Waals surface area contributed by atoms with Gasteiger partial charge in [-0.15, -0.1) is 0 Å². The predicted octanol–water partition coefficient (Wildman–Crippen LogP) is 0.464. The lowest BCUT2D eigenvalue weighted by Gasteiger charge is -2.31. The minimum atomic E-state index is -0.275. The lowest BCUT2D eigenvalue weighted by atomic mass is 9.89. The van der Waals surface area contributed by atoms with Crippen LogP contribution in [0.1, 0.15) is 23.2 Å². The van der Waals surface area contributed by atoms with Crippen molar-refractivity contribution < 1.29 is 9.90 Å². The molecule has 100 valence electrons. The van der Waals surface area contributed by atoms with Crippen molar-refractivity contribution in [1.82, 2.24) is 19.7 Å². The Balaban J connectivity index is 1.83. The number of amides is 1. The maximum atomic E-state index is 12.2. The van der Waals surface area contributed by atoms with Crippen LogP contribution in [0.3, 0.4) is 0 Å². The number of aliphatic hydroxyl groups is 1. The highest BCUT2D eigenvalue weighted by molar-refractivity contribution is 5.97. The van der Waals surface area contributed by atoms with Crippen LogP contribution in [-0.4, -0.2) is 37.5 Å². The smallest absolute Gasteiger partial charge is 0.256 e. The standard InChI is InChI=1S/C13H16N4O2/c1-16-13(17-4-2-3-5-17)11(8-14-16)12(19)15-9-6-10(18)7-9/h2-5,8-10,18H,6-7H2,1H3,(H,15,19). The zero-order valence-electron chi connectivity index (χ0n) is 10.7. The monoisotopic (exact) mass is 260 g/mol. The second-order valence-corrected chi connectivity index (χ2v) is 4.89. The molecule has 1 saturated carbocycles. The first-order valence-electron chi connectivity index (χ1n) is 6.29. The third kappa shape index (κ3) is 2.15. The van der Waals surface area contributed by atoms with Crippen LogP contribution in [0, 0.1) is 0 Å². The molecule has 1 amide bonds. The average molecular weight is 260 g/mol. The maximum Gasteiger partial charge on any atom is 0.256 e. The molecule has 2 aromatic rings. The Morgan fingerprint density at radius 1 is 1.42 bits per heavy atom. The normalized spacial score (nSPS) is 22.0. The number of aliphatic hydroxyl groups excluding tert-OH is 1. The Labute approximate surface area is 110 Å². The summed E-state index contributed by atoms with van der Waals surface area (Å²) in [5.74, 6) is 0.594. The molecule has 2 N–H and O–H groups in total. The van der Waals surface area contributed by atoms with Gasteiger partial charge in [-0.1, -0.05) is 0 Å². The van der Waals surface area contributed by atoms with Crippen molar-refractivity contribution in [3.05, 3.63) is 36.3 Å². The summed E-state index contributed by atoms with van der Waals surface area (Å²) >= 11 is 0. The van der Waals surface area contributed by atoms with E-state index in [2.05, 4.69) is 10.4 Å². The molecule has 1 fully saturated rings. The Morgan fingerprint density at radius 3 is 2.74 bits per heavy atom. The number of aromatic nitrogens is 3. The molecule has 2 aromatic heterocycles. The molecule has 0 unspecified atom stereocenters. The molecule has 0 spiro atoms. The van der Waals surface area contributed by atoms with Gasteiger partial charge in [0.2, 0.25) is 0 Å². The van der Waals surface area contributed by atoms with Crippen LogP contribution in [0.2, 0.25) is 0 Å². The summed E-state index contributed by atoms with van der Waals surface area (Å²) < 4.78 is 3.53. The van der Waals surface area contributed by atoms with Crippen molar-refractivity contribution in [3.63, 3.8) is 0 Å². The first kappa shape index (κ1) is 12.0. The number of hydrogen-bond acceptors (Lipinski definition) is 3. The molecule has 0 atom stereocenters. The van der Waals surface area contributed by atoms with Gasteiger partial charge >= 0.3 is 0 Å². The van der Waals surface area contributed by atoms with Crippen molar-refractivity contribution in [1.29, 1.82) is 0 Å². The van der Waals surface area contributed by atoms with Gasteiger partial charge in [0.1, 0.15) is 11.4 Å². The quantitative estimate of drug-likeness (QED) is 0.842. The van der Waals surface area contributed by atoms with Gasteiger partial charge in [0.25, 0.3) is 5.91 Å². The van der Waals surface area contributed by atoms with E-state index in [4.69, 9.17) is 0 Å². The summed E-state index contributed by atoms with van der Waals surface area (Å²) in [5.41, 5.74) is 0.542. The Kier molecular flexibility index (Phi) is 2.87. The van der Waals surface area contributed by atoms with Crippen LogP contribution < -0.4 is 5.32 Å². The first-order chi connectivity index (χ1) is 9.15. The minimum absolute atomic E-state index is 0.0696. The van der Waals surface area contributed by atoms with Gasteiger partial charge < -0.3 is 15.0 Å². The van der Waals surface area contributed by atoms with E-state index in [1.54, 1.807) is 17.9 Å². The van der Waals surface area contributed by atoms with E-state index in [9.17, 15) is 9.90 Å². The van der Waals surface area contributed by atoms with Crippen molar-refractivity contribution in [2.45, 2.75) is 25.0 Å². The van der Waals surface area contributed by atoms with E-state index in [-0.39, 0.29) is 18.1 Å². The number of carbonyl (C=O) groups is 1. The van der Waals surface area contributed by atoms with Gasteiger partial charge in [0.15, 0.2) is 0 Å². The molecule has 1 aliphatic carbocycles. The minimum Gasteiger partial charge on any atom is -0.393 e. The maximum absolute atomic E-state index is 12.2. The molecule has 0 bridgehead atoms. The third-order valence-corrected chi connectivity index (χ3v) is 3.45. The third-order valence-electron chi connectivity index (χ3n) is 3.45. The molecular weight excluding hydrogens is 244 g/mol. The molecule has 2 heterocycles. The zero-order chi connectivity index (χ0) is 13.4. The van der Waals surface area contributed by atoms with Crippen LogP contribution in [0.4, 0.5) is 0 Å². The number of nitrogens with zero attached hydrogens (tertiary/aromatic N) is 3. The van der Waals surface area contributed by atoms with Gasteiger partial charge in [-0.2, -0.15) is 5.10 Å². The van der Waals surface area contributed by atoms with E-state index in [0.717, 1.165) is 5.82 Å². The zero-order valence-corrected chi connectivity index (χ0v) is 10.7. The summed E-state index contributed by atoms with van der Waals surface area (Å²) in [6.07, 6.45) is 6.31. The summed E-state index contributed by atoms with van der Waals surface area (Å²) in [5, 5.41) is 16.3. The number of hydrogen-bond donors (Lipinski definition) is 2. The van der Waals surface area contributed by atoms with Gasteiger partial charge in [0.05, 0.1) is 12.3 Å². The summed E-state index contributed by atoms with van der Waals surface area (Å²) in [6, 6.07) is 3.87. The SMILES string of the molecule is Cn1ncc(C(=O)NC2CC(O)C2)c1-n1cccc1. The number of aryl methyl sites for hydroxylation is 1. The molecule has 0 saturated heterocycles. The van der Waals surface area contributed by atoms with Crippen LogP contribution in [0.5, 0.6) is 0 Å². The topological polar surface area (TPSA) is 72.1 Å².